The van der Waals surface area contributed by atoms with Crippen LogP contribution < -0.4 is 0 Å². The molecule has 0 unspecified atom stereocenters. The van der Waals surface area contributed by atoms with E-state index >= 15 is 0 Å². The lowest BCUT2D eigenvalue weighted by Crippen LogP contribution is -2.66. The van der Waals surface area contributed by atoms with E-state index in [-0.39, 0.29) is 0 Å². The molecule has 1 heteroatoms. The molecular weight excluding hydrogens is 170 g/mol. The predicted octanol–water partition coefficient (Wildman–Crippen LogP) is 3.40. The topological polar surface area (TPSA) is 3.24 Å². The zero-order valence-electron chi connectivity index (χ0n) is 11.0. The first-order chi connectivity index (χ1) is 6.20. The minimum Gasteiger partial charge on any atom is -0.297 e. The summed E-state index contributed by atoms with van der Waals surface area (Å²) in [4.78, 5) is 2.60. The lowest BCUT2D eigenvalue weighted by molar-refractivity contribution is -0.113. The molecule has 1 aliphatic heterocycles. The van der Waals surface area contributed by atoms with Crippen molar-refractivity contribution in [2.75, 3.05) is 13.1 Å². The molecule has 0 amide bonds. The molecule has 1 aliphatic rings. The van der Waals surface area contributed by atoms with Crippen molar-refractivity contribution in [2.24, 2.45) is 17.3 Å². The molecule has 0 saturated carbocycles. The molecule has 0 aliphatic carbocycles. The van der Waals surface area contributed by atoms with Crippen LogP contribution in [-0.4, -0.2) is 23.5 Å². The third kappa shape index (κ3) is 1.84. The van der Waals surface area contributed by atoms with Gasteiger partial charge in [-0.1, -0.05) is 27.7 Å². The van der Waals surface area contributed by atoms with Gasteiger partial charge in [-0.05, 0) is 32.6 Å². The van der Waals surface area contributed by atoms with Gasteiger partial charge in [0, 0.05) is 24.0 Å². The largest absolute Gasteiger partial charge is 0.297 e. The molecule has 84 valence electrons. The van der Waals surface area contributed by atoms with Gasteiger partial charge >= 0.3 is 0 Å². The minimum absolute atomic E-state index is 0.354. The van der Waals surface area contributed by atoms with E-state index in [1.165, 1.54) is 13.1 Å². The lowest BCUT2D eigenvalue weighted by Gasteiger charge is -2.60. The fourth-order valence-corrected chi connectivity index (χ4v) is 2.54. The molecule has 0 bridgehead atoms. The smallest absolute Gasteiger partial charge is 0.0125 e. The standard InChI is InChI=1S/C13H27N/c1-10(2)13(11(3)4)8-14(9-13)12(5,6)7/h10-11H,8-9H2,1-7H3. The molecule has 1 fully saturated rings. The summed E-state index contributed by atoms with van der Waals surface area (Å²) in [5, 5.41) is 0. The number of rotatable bonds is 2. The van der Waals surface area contributed by atoms with Crippen molar-refractivity contribution in [3.63, 3.8) is 0 Å². The van der Waals surface area contributed by atoms with Crippen molar-refractivity contribution in [1.29, 1.82) is 0 Å². The molecule has 14 heavy (non-hydrogen) atoms. The Labute approximate surface area is 89.9 Å². The van der Waals surface area contributed by atoms with Crippen LogP contribution in [0.15, 0.2) is 0 Å². The number of nitrogens with zero attached hydrogens (tertiary/aromatic N) is 1. The molecule has 0 atom stereocenters. The summed E-state index contributed by atoms with van der Waals surface area (Å²) in [6.45, 7) is 19.0. The quantitative estimate of drug-likeness (QED) is 0.656. The first kappa shape index (κ1) is 12.0. The summed E-state index contributed by atoms with van der Waals surface area (Å²) >= 11 is 0. The second kappa shape index (κ2) is 3.52. The Hall–Kier alpha value is -0.0400. The Balaban J connectivity index is 2.66. The Kier molecular flexibility index (Phi) is 3.02. The van der Waals surface area contributed by atoms with Crippen LogP contribution in [0.1, 0.15) is 48.5 Å². The summed E-state index contributed by atoms with van der Waals surface area (Å²) in [5.74, 6) is 1.61. The molecule has 1 heterocycles. The van der Waals surface area contributed by atoms with Crippen LogP contribution in [0.3, 0.4) is 0 Å². The maximum Gasteiger partial charge on any atom is 0.0125 e. The maximum atomic E-state index is 2.60. The second-order valence-corrected chi connectivity index (χ2v) is 6.57. The molecule has 1 rings (SSSR count). The van der Waals surface area contributed by atoms with Gasteiger partial charge in [-0.2, -0.15) is 0 Å². The summed E-state index contributed by atoms with van der Waals surface area (Å²) < 4.78 is 0. The highest BCUT2D eigenvalue weighted by Gasteiger charge is 2.50. The van der Waals surface area contributed by atoms with Gasteiger partial charge in [0.05, 0.1) is 0 Å². The zero-order valence-corrected chi connectivity index (χ0v) is 11.0. The van der Waals surface area contributed by atoms with Gasteiger partial charge in [-0.3, -0.25) is 4.90 Å². The van der Waals surface area contributed by atoms with Crippen LogP contribution in [0.25, 0.3) is 0 Å². The van der Waals surface area contributed by atoms with Gasteiger partial charge in [0.1, 0.15) is 0 Å². The van der Waals surface area contributed by atoms with Crippen molar-refractivity contribution >= 4 is 0 Å². The van der Waals surface area contributed by atoms with E-state index in [4.69, 9.17) is 0 Å². The van der Waals surface area contributed by atoms with Crippen LogP contribution in [0.2, 0.25) is 0 Å². The molecule has 0 aromatic rings. The molecule has 0 aromatic carbocycles. The number of hydrogen-bond donors (Lipinski definition) is 0. The van der Waals surface area contributed by atoms with Crippen LogP contribution in [-0.2, 0) is 0 Å². The van der Waals surface area contributed by atoms with E-state index in [9.17, 15) is 0 Å². The normalized spacial score (nSPS) is 22.9. The van der Waals surface area contributed by atoms with E-state index in [1.54, 1.807) is 0 Å². The highest BCUT2D eigenvalue weighted by atomic mass is 15.3. The Morgan fingerprint density at radius 3 is 1.50 bits per heavy atom. The van der Waals surface area contributed by atoms with Gasteiger partial charge in [0.2, 0.25) is 0 Å². The van der Waals surface area contributed by atoms with E-state index in [1.807, 2.05) is 0 Å². The van der Waals surface area contributed by atoms with E-state index in [2.05, 4.69) is 53.4 Å². The number of likely N-dealkylation sites (tertiary alicyclic amines) is 1. The average molecular weight is 197 g/mol. The Morgan fingerprint density at radius 1 is 0.929 bits per heavy atom. The van der Waals surface area contributed by atoms with Gasteiger partial charge in [0.25, 0.3) is 0 Å². The third-order valence-electron chi connectivity index (χ3n) is 4.22. The van der Waals surface area contributed by atoms with Gasteiger partial charge in [0.15, 0.2) is 0 Å². The van der Waals surface area contributed by atoms with Crippen molar-refractivity contribution < 1.29 is 0 Å². The van der Waals surface area contributed by atoms with Crippen molar-refractivity contribution in [1.82, 2.24) is 4.90 Å². The number of hydrogen-bond acceptors (Lipinski definition) is 1. The fraction of sp³-hybridized carbons (Fsp3) is 1.00. The first-order valence-corrected chi connectivity index (χ1v) is 5.95. The van der Waals surface area contributed by atoms with Crippen LogP contribution in [0.4, 0.5) is 0 Å². The third-order valence-corrected chi connectivity index (χ3v) is 4.22. The Morgan fingerprint density at radius 2 is 1.29 bits per heavy atom. The van der Waals surface area contributed by atoms with E-state index in [0.717, 1.165) is 11.8 Å². The average Bonchev–Trinajstić information content (AvgIpc) is 1.77. The van der Waals surface area contributed by atoms with Crippen LogP contribution >= 0.6 is 0 Å². The Bertz CT molecular complexity index is 182. The molecule has 0 radical (unpaired) electrons. The molecular formula is C13H27N. The highest BCUT2D eigenvalue weighted by molar-refractivity contribution is 5.02. The van der Waals surface area contributed by atoms with Gasteiger partial charge in [-0.25, -0.2) is 0 Å². The molecule has 0 N–H and O–H groups in total. The summed E-state index contributed by atoms with van der Waals surface area (Å²) in [7, 11) is 0. The van der Waals surface area contributed by atoms with E-state index in [0.29, 0.717) is 11.0 Å². The maximum absolute atomic E-state index is 2.60. The second-order valence-electron chi connectivity index (χ2n) is 6.57. The molecule has 1 nitrogen and oxygen atoms in total. The summed E-state index contributed by atoms with van der Waals surface area (Å²) in [6, 6.07) is 0. The summed E-state index contributed by atoms with van der Waals surface area (Å²) in [6.07, 6.45) is 0. The highest BCUT2D eigenvalue weighted by Crippen LogP contribution is 2.46. The van der Waals surface area contributed by atoms with Crippen molar-refractivity contribution in [3.05, 3.63) is 0 Å². The zero-order chi connectivity index (χ0) is 11.1. The lowest BCUT2D eigenvalue weighted by atomic mass is 9.62. The van der Waals surface area contributed by atoms with Crippen molar-refractivity contribution in [3.8, 4) is 0 Å². The van der Waals surface area contributed by atoms with Crippen LogP contribution in [0.5, 0.6) is 0 Å². The monoisotopic (exact) mass is 197 g/mol. The summed E-state index contributed by atoms with van der Waals surface area (Å²) in [5.41, 5.74) is 0.931. The molecule has 1 saturated heterocycles. The van der Waals surface area contributed by atoms with Gasteiger partial charge < -0.3 is 0 Å². The molecule has 0 aromatic heterocycles. The molecule has 0 spiro atoms. The van der Waals surface area contributed by atoms with E-state index < -0.39 is 0 Å². The van der Waals surface area contributed by atoms with Gasteiger partial charge in [-0.15, -0.1) is 0 Å². The minimum atomic E-state index is 0.354. The first-order valence-electron chi connectivity index (χ1n) is 5.95. The SMILES string of the molecule is CC(C)C1(C(C)C)CN(C(C)(C)C)C1. The fourth-order valence-electron chi connectivity index (χ4n) is 2.54. The van der Waals surface area contributed by atoms with Crippen molar-refractivity contribution in [2.45, 2.75) is 54.0 Å². The predicted molar refractivity (Wildman–Crippen MR) is 63.4 cm³/mol. The van der Waals surface area contributed by atoms with Crippen LogP contribution in [0, 0.1) is 17.3 Å².